The van der Waals surface area contributed by atoms with Gasteiger partial charge in [0.25, 0.3) is 5.91 Å². The van der Waals surface area contributed by atoms with Gasteiger partial charge in [0.15, 0.2) is 0 Å². The Bertz CT molecular complexity index is 811. The molecule has 0 aliphatic carbocycles. The average Bonchev–Trinajstić information content (AvgIpc) is 2.56. The van der Waals surface area contributed by atoms with Gasteiger partial charge in [0.1, 0.15) is 0 Å². The lowest BCUT2D eigenvalue weighted by Gasteiger charge is -2.10. The number of amides is 1. The van der Waals surface area contributed by atoms with Crippen LogP contribution in [0.15, 0.2) is 53.4 Å². The number of sulfonamides is 1. The quantitative estimate of drug-likeness (QED) is 0.792. The van der Waals surface area contributed by atoms with Crippen LogP contribution < -0.4 is 10.0 Å². The van der Waals surface area contributed by atoms with Gasteiger partial charge in [-0.1, -0.05) is 25.5 Å². The number of hydrogen-bond acceptors (Lipinski definition) is 3. The molecule has 0 aliphatic heterocycles. The zero-order chi connectivity index (χ0) is 18.4. The van der Waals surface area contributed by atoms with Crippen molar-refractivity contribution in [2.24, 2.45) is 0 Å². The van der Waals surface area contributed by atoms with Crippen LogP contribution in [0.5, 0.6) is 0 Å². The van der Waals surface area contributed by atoms with Gasteiger partial charge in [-0.05, 0) is 62.2 Å². The molecule has 0 bridgehead atoms. The van der Waals surface area contributed by atoms with Crippen molar-refractivity contribution in [3.05, 3.63) is 59.7 Å². The molecular weight excluding hydrogens is 336 g/mol. The lowest BCUT2D eigenvalue weighted by molar-refractivity contribution is 0.102. The van der Waals surface area contributed by atoms with Crippen LogP contribution in [0.25, 0.3) is 0 Å². The minimum atomic E-state index is -3.55. The number of nitrogens with one attached hydrogen (secondary N) is 2. The normalized spacial score (nSPS) is 11.5. The summed E-state index contributed by atoms with van der Waals surface area (Å²) in [6, 6.07) is 13.4. The monoisotopic (exact) mass is 360 g/mol. The molecule has 5 nitrogen and oxygen atoms in total. The minimum Gasteiger partial charge on any atom is -0.322 e. The molecule has 0 radical (unpaired) electrons. The van der Waals surface area contributed by atoms with Crippen molar-refractivity contribution in [1.29, 1.82) is 0 Å². The summed E-state index contributed by atoms with van der Waals surface area (Å²) in [5, 5.41) is 2.81. The van der Waals surface area contributed by atoms with Gasteiger partial charge >= 0.3 is 0 Å². The second kappa shape index (κ2) is 8.27. The largest absolute Gasteiger partial charge is 0.322 e. The third-order valence-electron chi connectivity index (χ3n) is 3.57. The van der Waals surface area contributed by atoms with Crippen molar-refractivity contribution in [2.75, 3.05) is 5.32 Å². The summed E-state index contributed by atoms with van der Waals surface area (Å²) in [5.74, 6) is -0.274. The molecule has 25 heavy (non-hydrogen) atoms. The van der Waals surface area contributed by atoms with Gasteiger partial charge in [0.2, 0.25) is 10.0 Å². The van der Waals surface area contributed by atoms with E-state index < -0.39 is 10.0 Å². The predicted octanol–water partition coefficient (Wildman–Crippen LogP) is 3.58. The molecule has 2 N–H and O–H groups in total. The standard InChI is InChI=1S/C19H24N2O3S/c1-4-5-15-6-10-17(11-7-15)20-19(22)16-8-12-18(13-9-16)25(23,24)21-14(2)3/h6-14,21H,4-5H2,1-3H3,(H,20,22). The number of carbonyl (C=O) groups excluding carboxylic acids is 1. The first-order valence-electron chi connectivity index (χ1n) is 8.34. The van der Waals surface area contributed by atoms with E-state index in [1.54, 1.807) is 13.8 Å². The van der Waals surface area contributed by atoms with Gasteiger partial charge in [0, 0.05) is 17.3 Å². The highest BCUT2D eigenvalue weighted by Crippen LogP contribution is 2.15. The first-order chi connectivity index (χ1) is 11.8. The number of hydrogen-bond donors (Lipinski definition) is 2. The fourth-order valence-electron chi connectivity index (χ4n) is 2.41. The summed E-state index contributed by atoms with van der Waals surface area (Å²) in [7, 11) is -3.55. The molecule has 0 saturated carbocycles. The SMILES string of the molecule is CCCc1ccc(NC(=O)c2ccc(S(=O)(=O)NC(C)C)cc2)cc1. The van der Waals surface area contributed by atoms with Crippen LogP contribution in [0.3, 0.4) is 0 Å². The fourth-order valence-corrected chi connectivity index (χ4v) is 3.66. The minimum absolute atomic E-state index is 0.140. The number of carbonyl (C=O) groups is 1. The van der Waals surface area contributed by atoms with E-state index in [4.69, 9.17) is 0 Å². The van der Waals surface area contributed by atoms with Crippen LogP contribution >= 0.6 is 0 Å². The van der Waals surface area contributed by atoms with Gasteiger partial charge in [-0.3, -0.25) is 4.79 Å². The highest BCUT2D eigenvalue weighted by molar-refractivity contribution is 7.89. The second-order valence-corrected chi connectivity index (χ2v) is 7.92. The summed E-state index contributed by atoms with van der Waals surface area (Å²) in [6.45, 7) is 5.63. The smallest absolute Gasteiger partial charge is 0.255 e. The summed E-state index contributed by atoms with van der Waals surface area (Å²) in [5.41, 5.74) is 2.34. The third kappa shape index (κ3) is 5.41. The Morgan fingerprint density at radius 1 is 1.00 bits per heavy atom. The Hall–Kier alpha value is -2.18. The van der Waals surface area contributed by atoms with Crippen molar-refractivity contribution in [2.45, 2.75) is 44.6 Å². The van der Waals surface area contributed by atoms with E-state index in [2.05, 4.69) is 17.0 Å². The number of anilines is 1. The topological polar surface area (TPSA) is 75.3 Å². The molecule has 2 rings (SSSR count). The van der Waals surface area contributed by atoms with Crippen molar-refractivity contribution in [3.8, 4) is 0 Å². The molecule has 0 heterocycles. The van der Waals surface area contributed by atoms with E-state index in [0.717, 1.165) is 12.8 Å². The Kier molecular flexibility index (Phi) is 6.33. The van der Waals surface area contributed by atoms with E-state index in [-0.39, 0.29) is 16.8 Å². The molecule has 0 atom stereocenters. The fraction of sp³-hybridized carbons (Fsp3) is 0.316. The lowest BCUT2D eigenvalue weighted by atomic mass is 10.1. The highest BCUT2D eigenvalue weighted by Gasteiger charge is 2.16. The van der Waals surface area contributed by atoms with Gasteiger partial charge in [-0.25, -0.2) is 13.1 Å². The molecule has 2 aromatic rings. The maximum Gasteiger partial charge on any atom is 0.255 e. The van der Waals surface area contributed by atoms with Crippen LogP contribution in [0.2, 0.25) is 0 Å². The zero-order valence-electron chi connectivity index (χ0n) is 14.7. The van der Waals surface area contributed by atoms with Crippen molar-refractivity contribution in [1.82, 2.24) is 4.72 Å². The molecule has 0 aliphatic rings. The van der Waals surface area contributed by atoms with Crippen LogP contribution in [0.4, 0.5) is 5.69 Å². The lowest BCUT2D eigenvalue weighted by Crippen LogP contribution is -2.30. The average molecular weight is 360 g/mol. The molecule has 0 saturated heterocycles. The molecule has 2 aromatic carbocycles. The number of benzene rings is 2. The number of rotatable bonds is 7. The summed E-state index contributed by atoms with van der Waals surface area (Å²) in [4.78, 5) is 12.4. The predicted molar refractivity (Wildman–Crippen MR) is 100 cm³/mol. The van der Waals surface area contributed by atoms with Gasteiger partial charge in [0.05, 0.1) is 4.90 Å². The first kappa shape index (κ1) is 19.1. The maximum atomic E-state index is 12.3. The Labute approximate surface area is 149 Å². The molecule has 1 amide bonds. The van der Waals surface area contributed by atoms with E-state index in [9.17, 15) is 13.2 Å². The summed E-state index contributed by atoms with van der Waals surface area (Å²) >= 11 is 0. The summed E-state index contributed by atoms with van der Waals surface area (Å²) in [6.07, 6.45) is 2.08. The Morgan fingerprint density at radius 3 is 2.12 bits per heavy atom. The van der Waals surface area contributed by atoms with E-state index in [1.165, 1.54) is 29.8 Å². The van der Waals surface area contributed by atoms with Crippen LogP contribution in [0.1, 0.15) is 43.1 Å². The molecule has 134 valence electrons. The molecular formula is C19H24N2O3S. The molecule has 6 heteroatoms. The molecule has 0 unspecified atom stereocenters. The molecule has 0 fully saturated rings. The first-order valence-corrected chi connectivity index (χ1v) is 9.83. The zero-order valence-corrected chi connectivity index (χ0v) is 15.6. The van der Waals surface area contributed by atoms with E-state index in [1.807, 2.05) is 24.3 Å². The van der Waals surface area contributed by atoms with E-state index in [0.29, 0.717) is 11.3 Å². The third-order valence-corrected chi connectivity index (χ3v) is 5.24. The Morgan fingerprint density at radius 2 is 1.60 bits per heavy atom. The van der Waals surface area contributed by atoms with Crippen molar-refractivity contribution in [3.63, 3.8) is 0 Å². The van der Waals surface area contributed by atoms with E-state index >= 15 is 0 Å². The highest BCUT2D eigenvalue weighted by atomic mass is 32.2. The van der Waals surface area contributed by atoms with Crippen molar-refractivity contribution >= 4 is 21.6 Å². The van der Waals surface area contributed by atoms with Gasteiger partial charge in [-0.2, -0.15) is 0 Å². The molecule has 0 aromatic heterocycles. The van der Waals surface area contributed by atoms with Gasteiger partial charge in [-0.15, -0.1) is 0 Å². The Balaban J connectivity index is 2.07. The van der Waals surface area contributed by atoms with Crippen LogP contribution in [0, 0.1) is 0 Å². The second-order valence-electron chi connectivity index (χ2n) is 6.20. The summed E-state index contributed by atoms with van der Waals surface area (Å²) < 4.78 is 26.7. The number of aryl methyl sites for hydroxylation is 1. The maximum absolute atomic E-state index is 12.3. The van der Waals surface area contributed by atoms with Gasteiger partial charge < -0.3 is 5.32 Å². The van der Waals surface area contributed by atoms with Crippen molar-refractivity contribution < 1.29 is 13.2 Å². The molecule has 0 spiro atoms. The van der Waals surface area contributed by atoms with Crippen LogP contribution in [-0.2, 0) is 16.4 Å². The van der Waals surface area contributed by atoms with Crippen LogP contribution in [-0.4, -0.2) is 20.4 Å².